The fourth-order valence-electron chi connectivity index (χ4n) is 3.24. The monoisotopic (exact) mass is 372 g/mol. The predicted octanol–water partition coefficient (Wildman–Crippen LogP) is 3.50. The van der Waals surface area contributed by atoms with Crippen LogP contribution in [0.15, 0.2) is 29.4 Å². The highest BCUT2D eigenvalue weighted by Crippen LogP contribution is 2.32. The molecule has 0 aliphatic heterocycles. The molecule has 0 radical (unpaired) electrons. The molecular formula is C19H24N4O2S. The number of benzene rings is 1. The molecule has 6 nitrogen and oxygen atoms in total. The van der Waals surface area contributed by atoms with Gasteiger partial charge >= 0.3 is 0 Å². The second-order valence-electron chi connectivity index (χ2n) is 6.60. The summed E-state index contributed by atoms with van der Waals surface area (Å²) in [6, 6.07) is 9.42. The Morgan fingerprint density at radius 1 is 1.27 bits per heavy atom. The smallest absolute Gasteiger partial charge is 0.191 e. The molecule has 0 saturated heterocycles. The number of hydrogen-bond acceptors (Lipinski definition) is 6. The Kier molecular flexibility index (Phi) is 6.53. The van der Waals surface area contributed by atoms with Crippen molar-refractivity contribution in [3.05, 3.63) is 35.7 Å². The van der Waals surface area contributed by atoms with E-state index in [-0.39, 0.29) is 6.61 Å². The maximum atomic E-state index is 10.2. The van der Waals surface area contributed by atoms with Crippen molar-refractivity contribution in [3.63, 3.8) is 0 Å². The first-order valence-corrected chi connectivity index (χ1v) is 10.0. The van der Waals surface area contributed by atoms with Gasteiger partial charge in [-0.3, -0.25) is 0 Å². The van der Waals surface area contributed by atoms with Crippen molar-refractivity contribution in [3.8, 4) is 11.8 Å². The van der Waals surface area contributed by atoms with Crippen LogP contribution in [-0.2, 0) is 0 Å². The topological polar surface area (TPSA) is 84.0 Å². The van der Waals surface area contributed by atoms with Gasteiger partial charge in [0.2, 0.25) is 0 Å². The largest absolute Gasteiger partial charge is 0.491 e. The van der Waals surface area contributed by atoms with Crippen LogP contribution < -0.4 is 4.74 Å². The molecule has 1 aliphatic rings. The standard InChI is InChI=1S/C19H24N4O2S/c1-14-21-22-19(23(14)16-5-3-2-4-6-16)26-13-17(24)12-25-18-9-7-15(11-20)8-10-18/h7-10,16-17,24H,2-6,12-13H2,1H3. The zero-order valence-corrected chi connectivity index (χ0v) is 15.8. The minimum Gasteiger partial charge on any atom is -0.491 e. The lowest BCUT2D eigenvalue weighted by molar-refractivity contribution is 0.126. The van der Waals surface area contributed by atoms with E-state index in [4.69, 9.17) is 10.00 Å². The third-order valence-electron chi connectivity index (χ3n) is 4.61. The lowest BCUT2D eigenvalue weighted by atomic mass is 9.95. The molecule has 26 heavy (non-hydrogen) atoms. The predicted molar refractivity (Wildman–Crippen MR) is 100 cm³/mol. The number of thioether (sulfide) groups is 1. The van der Waals surface area contributed by atoms with Crippen LogP contribution in [0.3, 0.4) is 0 Å². The number of aromatic nitrogens is 3. The zero-order chi connectivity index (χ0) is 18.4. The summed E-state index contributed by atoms with van der Waals surface area (Å²) in [5.41, 5.74) is 0.589. The third-order valence-corrected chi connectivity index (χ3v) is 5.69. The number of ether oxygens (including phenoxy) is 1. The molecule has 1 fully saturated rings. The second-order valence-corrected chi connectivity index (χ2v) is 7.59. The summed E-state index contributed by atoms with van der Waals surface area (Å²) in [7, 11) is 0. The maximum absolute atomic E-state index is 10.2. The Bertz CT molecular complexity index is 748. The fraction of sp³-hybridized carbons (Fsp3) is 0.526. The van der Waals surface area contributed by atoms with Gasteiger partial charge in [-0.15, -0.1) is 10.2 Å². The quantitative estimate of drug-likeness (QED) is 0.749. The lowest BCUT2D eigenvalue weighted by Crippen LogP contribution is -2.21. The number of hydrogen-bond donors (Lipinski definition) is 1. The van der Waals surface area contributed by atoms with Crippen LogP contribution in [0.25, 0.3) is 0 Å². The zero-order valence-electron chi connectivity index (χ0n) is 15.0. The Hall–Kier alpha value is -2.04. The molecule has 1 unspecified atom stereocenters. The van der Waals surface area contributed by atoms with Crippen LogP contribution >= 0.6 is 11.8 Å². The molecule has 0 spiro atoms. The Morgan fingerprint density at radius 2 is 2.00 bits per heavy atom. The minimum atomic E-state index is -0.604. The van der Waals surface area contributed by atoms with Crippen molar-refractivity contribution < 1.29 is 9.84 Å². The second kappa shape index (κ2) is 9.06. The van der Waals surface area contributed by atoms with E-state index in [2.05, 4.69) is 20.8 Å². The average molecular weight is 372 g/mol. The van der Waals surface area contributed by atoms with Gasteiger partial charge in [-0.1, -0.05) is 31.0 Å². The summed E-state index contributed by atoms with van der Waals surface area (Å²) >= 11 is 1.53. The van der Waals surface area contributed by atoms with Gasteiger partial charge in [0.1, 0.15) is 18.2 Å². The Balaban J connectivity index is 1.51. The summed E-state index contributed by atoms with van der Waals surface area (Å²) in [4.78, 5) is 0. The SMILES string of the molecule is Cc1nnc(SCC(O)COc2ccc(C#N)cc2)n1C1CCCCC1. The van der Waals surface area contributed by atoms with Gasteiger partial charge in [-0.05, 0) is 44.0 Å². The molecule has 138 valence electrons. The van der Waals surface area contributed by atoms with Gasteiger partial charge < -0.3 is 14.4 Å². The molecule has 7 heteroatoms. The number of rotatable bonds is 7. The van der Waals surface area contributed by atoms with Gasteiger partial charge in [-0.2, -0.15) is 5.26 Å². The van der Waals surface area contributed by atoms with Gasteiger partial charge in [-0.25, -0.2) is 0 Å². The van der Waals surface area contributed by atoms with Crippen LogP contribution in [0.4, 0.5) is 0 Å². The van der Waals surface area contributed by atoms with E-state index in [9.17, 15) is 5.11 Å². The summed E-state index contributed by atoms with van der Waals surface area (Å²) in [5.74, 6) is 2.10. The van der Waals surface area contributed by atoms with Gasteiger partial charge in [0.25, 0.3) is 0 Å². The van der Waals surface area contributed by atoms with Crippen LogP contribution in [0.2, 0.25) is 0 Å². The lowest BCUT2D eigenvalue weighted by Gasteiger charge is -2.25. The van der Waals surface area contributed by atoms with Crippen LogP contribution in [0.5, 0.6) is 5.75 Å². The van der Waals surface area contributed by atoms with E-state index in [0.29, 0.717) is 23.1 Å². The molecule has 1 atom stereocenters. The molecule has 1 aromatic heterocycles. The van der Waals surface area contributed by atoms with Gasteiger partial charge in [0, 0.05) is 11.8 Å². The normalized spacial score (nSPS) is 16.2. The molecule has 1 aliphatic carbocycles. The maximum Gasteiger partial charge on any atom is 0.191 e. The first-order valence-electron chi connectivity index (χ1n) is 9.02. The molecular weight excluding hydrogens is 348 g/mol. The number of aryl methyl sites for hydroxylation is 1. The van der Waals surface area contributed by atoms with Gasteiger partial charge in [0.15, 0.2) is 5.16 Å². The highest BCUT2D eigenvalue weighted by atomic mass is 32.2. The highest BCUT2D eigenvalue weighted by Gasteiger charge is 2.21. The first kappa shape index (κ1) is 18.7. The summed E-state index contributed by atoms with van der Waals surface area (Å²) in [5, 5.41) is 28.4. The number of aliphatic hydroxyl groups is 1. The van der Waals surface area contributed by atoms with E-state index in [0.717, 1.165) is 11.0 Å². The number of nitriles is 1. The van der Waals surface area contributed by atoms with E-state index < -0.39 is 6.10 Å². The van der Waals surface area contributed by atoms with Crippen molar-refractivity contribution in [1.82, 2.24) is 14.8 Å². The van der Waals surface area contributed by atoms with Crippen LogP contribution in [0, 0.1) is 18.3 Å². The van der Waals surface area contributed by atoms with E-state index in [1.54, 1.807) is 24.3 Å². The summed E-state index contributed by atoms with van der Waals surface area (Å²) < 4.78 is 7.83. The fourth-order valence-corrected chi connectivity index (χ4v) is 4.20. The molecule has 3 rings (SSSR count). The minimum absolute atomic E-state index is 0.204. The first-order chi connectivity index (χ1) is 12.7. The van der Waals surface area contributed by atoms with Crippen LogP contribution in [-0.4, -0.2) is 38.3 Å². The molecule has 1 heterocycles. The number of nitrogens with zero attached hydrogens (tertiary/aromatic N) is 4. The van der Waals surface area contributed by atoms with Crippen molar-refractivity contribution in [2.75, 3.05) is 12.4 Å². The van der Waals surface area contributed by atoms with E-state index in [1.165, 1.54) is 43.9 Å². The summed E-state index contributed by atoms with van der Waals surface area (Å²) in [6.07, 6.45) is 5.58. The molecule has 1 saturated carbocycles. The third kappa shape index (κ3) is 4.77. The molecule has 0 amide bonds. The van der Waals surface area contributed by atoms with Crippen LogP contribution in [0.1, 0.15) is 49.5 Å². The van der Waals surface area contributed by atoms with Crippen molar-refractivity contribution in [2.45, 2.75) is 56.3 Å². The molecule has 1 N–H and O–H groups in total. The summed E-state index contributed by atoms with van der Waals surface area (Å²) in [6.45, 7) is 2.20. The van der Waals surface area contributed by atoms with E-state index >= 15 is 0 Å². The Morgan fingerprint density at radius 3 is 2.69 bits per heavy atom. The van der Waals surface area contributed by atoms with Crippen molar-refractivity contribution >= 4 is 11.8 Å². The molecule has 0 bridgehead atoms. The van der Waals surface area contributed by atoms with Crippen molar-refractivity contribution in [2.24, 2.45) is 0 Å². The average Bonchev–Trinajstić information content (AvgIpc) is 3.06. The molecule has 2 aromatic rings. The van der Waals surface area contributed by atoms with Gasteiger partial charge in [0.05, 0.1) is 17.7 Å². The number of aliphatic hydroxyl groups excluding tert-OH is 1. The Labute approximate surface area is 158 Å². The molecule has 1 aromatic carbocycles. The van der Waals surface area contributed by atoms with E-state index in [1.807, 2.05) is 6.92 Å². The highest BCUT2D eigenvalue weighted by molar-refractivity contribution is 7.99. The van der Waals surface area contributed by atoms with Crippen molar-refractivity contribution in [1.29, 1.82) is 5.26 Å².